The number of hydrogen-bond acceptors (Lipinski definition) is 5. The first-order valence-electron chi connectivity index (χ1n) is 10.9. The van der Waals surface area contributed by atoms with Gasteiger partial charge < -0.3 is 15.0 Å². The van der Waals surface area contributed by atoms with Gasteiger partial charge >= 0.3 is 0 Å². The average Bonchev–Trinajstić information content (AvgIpc) is 3.49. The van der Waals surface area contributed by atoms with Gasteiger partial charge in [-0.25, -0.2) is 0 Å². The number of rotatable bonds is 7. The molecule has 0 spiro atoms. The van der Waals surface area contributed by atoms with Crippen molar-refractivity contribution in [3.63, 3.8) is 0 Å². The third-order valence-electron chi connectivity index (χ3n) is 6.38. The van der Waals surface area contributed by atoms with Crippen LogP contribution in [0.2, 0.25) is 0 Å². The molecule has 0 bridgehead atoms. The number of ether oxygens (including phenoxy) is 1. The summed E-state index contributed by atoms with van der Waals surface area (Å²) in [6, 6.07) is 4.27. The van der Waals surface area contributed by atoms with Crippen molar-refractivity contribution in [3.8, 4) is 0 Å². The zero-order valence-corrected chi connectivity index (χ0v) is 17.3. The minimum absolute atomic E-state index is 0.0725. The Morgan fingerprint density at radius 2 is 1.90 bits per heavy atom. The molecule has 2 amide bonds. The highest BCUT2D eigenvalue weighted by atomic mass is 16.5. The van der Waals surface area contributed by atoms with E-state index in [9.17, 15) is 9.59 Å². The van der Waals surface area contributed by atoms with Crippen molar-refractivity contribution >= 4 is 11.8 Å². The van der Waals surface area contributed by atoms with Crippen LogP contribution in [-0.2, 0) is 9.53 Å². The molecule has 0 radical (unpaired) electrons. The topological polar surface area (TPSA) is 74.8 Å². The fraction of sp³-hybridized carbons (Fsp3) is 0.682. The van der Waals surface area contributed by atoms with E-state index >= 15 is 0 Å². The van der Waals surface area contributed by atoms with Gasteiger partial charge in [-0.05, 0) is 50.7 Å². The molecular weight excluding hydrogens is 368 g/mol. The lowest BCUT2D eigenvalue weighted by Crippen LogP contribution is -2.47. The van der Waals surface area contributed by atoms with Crippen molar-refractivity contribution in [2.75, 3.05) is 39.4 Å². The Kier molecular flexibility index (Phi) is 6.45. The molecule has 2 saturated heterocycles. The number of hydrogen-bond donors (Lipinski definition) is 1. The summed E-state index contributed by atoms with van der Waals surface area (Å²) in [5.74, 6) is 0.930. The minimum atomic E-state index is -0.0725. The van der Waals surface area contributed by atoms with Crippen LogP contribution in [0.25, 0.3) is 0 Å². The SMILES string of the molecule is Cc1ccc(C(=O)NC[C@@H]2CC[C@H](CC(=O)N3CCOCC3)N2CC2CC2)cn1. The number of carbonyl (C=O) groups is 2. The monoisotopic (exact) mass is 400 g/mol. The number of pyridine rings is 1. The maximum Gasteiger partial charge on any atom is 0.252 e. The highest BCUT2D eigenvalue weighted by molar-refractivity contribution is 5.93. The molecular formula is C22H32N4O3. The molecule has 1 N–H and O–H groups in total. The molecule has 158 valence electrons. The molecule has 1 aromatic heterocycles. The van der Waals surface area contributed by atoms with E-state index in [4.69, 9.17) is 4.74 Å². The van der Waals surface area contributed by atoms with Gasteiger partial charge in [0.2, 0.25) is 5.91 Å². The number of carbonyl (C=O) groups excluding carboxylic acids is 2. The standard InChI is InChI=1S/C22H32N4O3/c1-16-2-5-18(13-23-16)22(28)24-14-20-7-6-19(26(20)15-17-3-4-17)12-21(27)25-8-10-29-11-9-25/h2,5,13,17,19-20H,3-4,6-12,14-15H2,1H3,(H,24,28)/t19-,20+/m1/s1. The first-order valence-corrected chi connectivity index (χ1v) is 10.9. The summed E-state index contributed by atoms with van der Waals surface area (Å²) in [6.45, 7) is 6.29. The molecule has 1 aromatic rings. The van der Waals surface area contributed by atoms with Gasteiger partial charge in [0.25, 0.3) is 5.91 Å². The second-order valence-corrected chi connectivity index (χ2v) is 8.62. The molecule has 2 atom stereocenters. The molecule has 0 unspecified atom stereocenters. The molecule has 29 heavy (non-hydrogen) atoms. The molecule has 3 aliphatic rings. The summed E-state index contributed by atoms with van der Waals surface area (Å²) in [5.41, 5.74) is 1.50. The van der Waals surface area contributed by atoms with E-state index in [1.54, 1.807) is 6.20 Å². The summed E-state index contributed by atoms with van der Waals surface area (Å²) in [4.78, 5) is 33.9. The Bertz CT molecular complexity index is 713. The zero-order valence-electron chi connectivity index (χ0n) is 17.3. The third-order valence-corrected chi connectivity index (χ3v) is 6.38. The van der Waals surface area contributed by atoms with Crippen LogP contribution in [0.3, 0.4) is 0 Å². The zero-order chi connectivity index (χ0) is 20.2. The lowest BCUT2D eigenvalue weighted by atomic mass is 10.1. The van der Waals surface area contributed by atoms with Gasteiger partial charge in [-0.15, -0.1) is 0 Å². The average molecular weight is 401 g/mol. The summed E-state index contributed by atoms with van der Waals surface area (Å²) < 4.78 is 5.37. The maximum atomic E-state index is 12.8. The lowest BCUT2D eigenvalue weighted by Gasteiger charge is -2.33. The van der Waals surface area contributed by atoms with E-state index in [0.717, 1.165) is 31.0 Å². The number of nitrogens with zero attached hydrogens (tertiary/aromatic N) is 3. The Morgan fingerprint density at radius 3 is 2.59 bits per heavy atom. The molecule has 3 heterocycles. The highest BCUT2D eigenvalue weighted by Crippen LogP contribution is 2.35. The van der Waals surface area contributed by atoms with E-state index in [0.29, 0.717) is 50.9 Å². The fourth-order valence-electron chi connectivity index (χ4n) is 4.41. The Hall–Kier alpha value is -1.99. The molecule has 1 saturated carbocycles. The van der Waals surface area contributed by atoms with Gasteiger partial charge in [-0.1, -0.05) is 0 Å². The third kappa shape index (κ3) is 5.34. The van der Waals surface area contributed by atoms with Crippen molar-refractivity contribution in [2.45, 2.75) is 51.1 Å². The number of aryl methyl sites for hydroxylation is 1. The second-order valence-electron chi connectivity index (χ2n) is 8.62. The van der Waals surface area contributed by atoms with Gasteiger partial charge in [0, 0.05) is 56.6 Å². The Morgan fingerprint density at radius 1 is 1.14 bits per heavy atom. The summed E-state index contributed by atoms with van der Waals surface area (Å²) in [7, 11) is 0. The van der Waals surface area contributed by atoms with E-state index in [1.807, 2.05) is 24.0 Å². The van der Waals surface area contributed by atoms with Gasteiger partial charge in [-0.3, -0.25) is 19.5 Å². The number of morpholine rings is 1. The van der Waals surface area contributed by atoms with Crippen LogP contribution >= 0.6 is 0 Å². The van der Waals surface area contributed by atoms with E-state index in [-0.39, 0.29) is 17.9 Å². The quantitative estimate of drug-likeness (QED) is 0.753. The Labute approximate surface area is 172 Å². The van der Waals surface area contributed by atoms with E-state index in [1.165, 1.54) is 12.8 Å². The van der Waals surface area contributed by atoms with Crippen LogP contribution in [0.1, 0.15) is 48.2 Å². The van der Waals surface area contributed by atoms with Crippen LogP contribution in [-0.4, -0.2) is 78.1 Å². The normalized spacial score (nSPS) is 25.2. The fourth-order valence-corrected chi connectivity index (χ4v) is 4.41. The van der Waals surface area contributed by atoms with Crippen LogP contribution in [0.4, 0.5) is 0 Å². The second kappa shape index (κ2) is 9.22. The minimum Gasteiger partial charge on any atom is -0.378 e. The first kappa shape index (κ1) is 20.3. The van der Waals surface area contributed by atoms with E-state index < -0.39 is 0 Å². The smallest absolute Gasteiger partial charge is 0.252 e. The van der Waals surface area contributed by atoms with Gasteiger partial charge in [0.05, 0.1) is 18.8 Å². The molecule has 7 nitrogen and oxygen atoms in total. The number of nitrogens with one attached hydrogen (secondary N) is 1. The number of aromatic nitrogens is 1. The van der Waals surface area contributed by atoms with Crippen LogP contribution in [0, 0.1) is 12.8 Å². The summed E-state index contributed by atoms with van der Waals surface area (Å²) in [6.07, 6.45) is 6.84. The molecule has 3 fully saturated rings. The van der Waals surface area contributed by atoms with Gasteiger partial charge in [0.15, 0.2) is 0 Å². The Balaban J connectivity index is 1.33. The molecule has 4 rings (SSSR count). The predicted molar refractivity (Wildman–Crippen MR) is 110 cm³/mol. The maximum absolute atomic E-state index is 12.8. The van der Waals surface area contributed by atoms with Crippen molar-refractivity contribution in [1.82, 2.24) is 20.1 Å². The molecule has 1 aliphatic carbocycles. The van der Waals surface area contributed by atoms with Gasteiger partial charge in [0.1, 0.15) is 0 Å². The summed E-state index contributed by atoms with van der Waals surface area (Å²) in [5, 5.41) is 3.09. The highest BCUT2D eigenvalue weighted by Gasteiger charge is 2.38. The van der Waals surface area contributed by atoms with Crippen LogP contribution < -0.4 is 5.32 Å². The number of likely N-dealkylation sites (tertiary alicyclic amines) is 1. The largest absolute Gasteiger partial charge is 0.378 e. The molecule has 7 heteroatoms. The van der Waals surface area contributed by atoms with Crippen molar-refractivity contribution in [1.29, 1.82) is 0 Å². The van der Waals surface area contributed by atoms with Crippen LogP contribution in [0.5, 0.6) is 0 Å². The van der Waals surface area contributed by atoms with Crippen molar-refractivity contribution < 1.29 is 14.3 Å². The van der Waals surface area contributed by atoms with Crippen molar-refractivity contribution in [2.24, 2.45) is 5.92 Å². The van der Waals surface area contributed by atoms with Crippen molar-refractivity contribution in [3.05, 3.63) is 29.6 Å². The summed E-state index contributed by atoms with van der Waals surface area (Å²) >= 11 is 0. The predicted octanol–water partition coefficient (Wildman–Crippen LogP) is 1.61. The first-order chi connectivity index (χ1) is 14.1. The lowest BCUT2D eigenvalue weighted by molar-refractivity contribution is -0.136. The molecule has 2 aliphatic heterocycles. The van der Waals surface area contributed by atoms with E-state index in [2.05, 4.69) is 15.2 Å². The van der Waals surface area contributed by atoms with Gasteiger partial charge in [-0.2, -0.15) is 0 Å². The number of amides is 2. The van der Waals surface area contributed by atoms with Crippen LogP contribution in [0.15, 0.2) is 18.3 Å². The molecule has 0 aromatic carbocycles.